The summed E-state index contributed by atoms with van der Waals surface area (Å²) in [6.45, 7) is 2.48. The van der Waals surface area contributed by atoms with E-state index in [9.17, 15) is 13.2 Å². The van der Waals surface area contributed by atoms with Gasteiger partial charge in [-0.25, -0.2) is 13.2 Å². The third kappa shape index (κ3) is 3.33. The SMILES string of the molecule is COC(=O)N1CC1Cc1c(OC)ccc2[nH]cc(S(=O)(=O)c3ccc(C)cc3)c12. The van der Waals surface area contributed by atoms with Gasteiger partial charge in [0.15, 0.2) is 0 Å². The van der Waals surface area contributed by atoms with Gasteiger partial charge in [0.2, 0.25) is 9.84 Å². The van der Waals surface area contributed by atoms with E-state index in [-0.39, 0.29) is 21.9 Å². The number of carbonyl (C=O) groups is 1. The molecule has 0 aliphatic carbocycles. The lowest BCUT2D eigenvalue weighted by molar-refractivity contribution is 0.153. The molecule has 3 aromatic rings. The number of benzene rings is 2. The largest absolute Gasteiger partial charge is 0.496 e. The highest BCUT2D eigenvalue weighted by molar-refractivity contribution is 7.91. The van der Waals surface area contributed by atoms with Crippen molar-refractivity contribution in [3.8, 4) is 5.75 Å². The van der Waals surface area contributed by atoms with Gasteiger partial charge in [-0.1, -0.05) is 17.7 Å². The molecule has 1 aliphatic rings. The van der Waals surface area contributed by atoms with E-state index in [1.165, 1.54) is 13.3 Å². The van der Waals surface area contributed by atoms with E-state index in [4.69, 9.17) is 9.47 Å². The molecule has 1 N–H and O–H groups in total. The van der Waals surface area contributed by atoms with Crippen LogP contribution in [0.25, 0.3) is 10.9 Å². The second-order valence-electron chi connectivity index (χ2n) is 7.12. The van der Waals surface area contributed by atoms with Crippen molar-refractivity contribution in [3.05, 3.63) is 53.7 Å². The third-order valence-corrected chi connectivity index (χ3v) is 7.07. The first-order valence-electron chi connectivity index (χ1n) is 9.20. The number of sulfone groups is 1. The fraction of sp³-hybridized carbons (Fsp3) is 0.286. The topological polar surface area (TPSA) is 88.5 Å². The Bertz CT molecular complexity index is 1180. The minimum Gasteiger partial charge on any atom is -0.496 e. The summed E-state index contributed by atoms with van der Waals surface area (Å²) in [6.07, 6.45) is 1.61. The molecule has 1 atom stereocenters. The molecule has 1 amide bonds. The van der Waals surface area contributed by atoms with Gasteiger partial charge in [-0.2, -0.15) is 0 Å². The molecule has 1 unspecified atom stereocenters. The Morgan fingerprint density at radius 3 is 2.55 bits per heavy atom. The summed E-state index contributed by atoms with van der Waals surface area (Å²) in [5, 5.41) is 0.599. The van der Waals surface area contributed by atoms with E-state index < -0.39 is 9.84 Å². The minimum atomic E-state index is -3.73. The summed E-state index contributed by atoms with van der Waals surface area (Å²) in [7, 11) is -0.832. The Balaban J connectivity index is 1.82. The molecule has 1 fully saturated rings. The van der Waals surface area contributed by atoms with Crippen LogP contribution >= 0.6 is 0 Å². The van der Waals surface area contributed by atoms with Crippen LogP contribution in [0.2, 0.25) is 0 Å². The Hall–Kier alpha value is -3.00. The highest BCUT2D eigenvalue weighted by Gasteiger charge is 2.40. The molecule has 0 spiro atoms. The van der Waals surface area contributed by atoms with Crippen LogP contribution in [0.1, 0.15) is 11.1 Å². The number of hydrogen-bond donors (Lipinski definition) is 1. The van der Waals surface area contributed by atoms with Gasteiger partial charge in [0.1, 0.15) is 5.75 Å². The number of nitrogens with one attached hydrogen (secondary N) is 1. The Kier molecular flexibility index (Phi) is 4.74. The highest BCUT2D eigenvalue weighted by Crippen LogP contribution is 2.38. The average molecular weight is 414 g/mol. The first kappa shape index (κ1) is 19.3. The third-order valence-electron chi connectivity index (χ3n) is 5.28. The van der Waals surface area contributed by atoms with E-state index in [1.54, 1.807) is 48.4 Å². The number of aromatic nitrogens is 1. The van der Waals surface area contributed by atoms with Gasteiger partial charge in [0.25, 0.3) is 0 Å². The molecule has 2 heterocycles. The zero-order chi connectivity index (χ0) is 20.8. The maximum atomic E-state index is 13.3. The Morgan fingerprint density at radius 1 is 1.17 bits per heavy atom. The molecule has 2 aromatic carbocycles. The zero-order valence-corrected chi connectivity index (χ0v) is 17.2. The van der Waals surface area contributed by atoms with Crippen molar-refractivity contribution in [2.45, 2.75) is 29.2 Å². The van der Waals surface area contributed by atoms with Gasteiger partial charge in [0.05, 0.1) is 30.1 Å². The smallest absolute Gasteiger partial charge is 0.409 e. The number of carbonyl (C=O) groups excluding carboxylic acids is 1. The second kappa shape index (κ2) is 7.11. The molecule has 1 aromatic heterocycles. The minimum absolute atomic E-state index is 0.0493. The number of aryl methyl sites for hydroxylation is 1. The summed E-state index contributed by atoms with van der Waals surface area (Å²) < 4.78 is 37.0. The predicted octanol–water partition coefficient (Wildman–Crippen LogP) is 3.31. The number of fused-ring (bicyclic) bond motifs is 1. The lowest BCUT2D eigenvalue weighted by Gasteiger charge is -2.12. The maximum absolute atomic E-state index is 13.3. The first-order chi connectivity index (χ1) is 13.9. The molecule has 29 heavy (non-hydrogen) atoms. The van der Waals surface area contributed by atoms with Crippen molar-refractivity contribution in [2.75, 3.05) is 20.8 Å². The lowest BCUT2D eigenvalue weighted by atomic mass is 10.0. The standard InChI is InChI=1S/C21H22N2O5S/c1-13-4-6-15(7-5-13)29(25,26)19-11-22-17-8-9-18(27-2)16(20(17)19)10-14-12-23(14)21(24)28-3/h4-9,11,14,22H,10,12H2,1-3H3. The summed E-state index contributed by atoms with van der Waals surface area (Å²) in [4.78, 5) is 16.9. The number of ether oxygens (including phenoxy) is 2. The molecule has 152 valence electrons. The number of amides is 1. The monoisotopic (exact) mass is 414 g/mol. The number of nitrogens with zero attached hydrogens (tertiary/aromatic N) is 1. The summed E-state index contributed by atoms with van der Waals surface area (Å²) in [5.74, 6) is 0.592. The van der Waals surface area contributed by atoms with Crippen molar-refractivity contribution in [3.63, 3.8) is 0 Å². The van der Waals surface area contributed by atoms with Crippen LogP contribution in [-0.2, 0) is 21.0 Å². The van der Waals surface area contributed by atoms with E-state index in [0.29, 0.717) is 29.6 Å². The van der Waals surface area contributed by atoms with Crippen LogP contribution in [0.3, 0.4) is 0 Å². The van der Waals surface area contributed by atoms with Gasteiger partial charge >= 0.3 is 6.09 Å². The van der Waals surface area contributed by atoms with Crippen LogP contribution in [0.4, 0.5) is 4.79 Å². The van der Waals surface area contributed by atoms with Crippen molar-refractivity contribution in [1.29, 1.82) is 0 Å². The van der Waals surface area contributed by atoms with Gasteiger partial charge in [-0.05, 0) is 37.6 Å². The molecule has 7 nitrogen and oxygen atoms in total. The van der Waals surface area contributed by atoms with Crippen molar-refractivity contribution in [2.24, 2.45) is 0 Å². The van der Waals surface area contributed by atoms with Crippen molar-refractivity contribution < 1.29 is 22.7 Å². The Morgan fingerprint density at radius 2 is 1.90 bits per heavy atom. The molecule has 0 bridgehead atoms. The van der Waals surface area contributed by atoms with Gasteiger partial charge in [-0.3, -0.25) is 0 Å². The van der Waals surface area contributed by atoms with Crippen molar-refractivity contribution >= 4 is 26.8 Å². The maximum Gasteiger partial charge on any atom is 0.409 e. The molecule has 0 saturated carbocycles. The fourth-order valence-corrected chi connectivity index (χ4v) is 5.09. The molecular weight excluding hydrogens is 392 g/mol. The normalized spacial score (nSPS) is 16.1. The van der Waals surface area contributed by atoms with Crippen LogP contribution < -0.4 is 4.74 Å². The quantitative estimate of drug-likeness (QED) is 0.647. The summed E-state index contributed by atoms with van der Waals surface area (Å²) in [6, 6.07) is 10.3. The van der Waals surface area contributed by atoms with E-state index in [0.717, 1.165) is 11.1 Å². The number of rotatable bonds is 5. The number of aromatic amines is 1. The summed E-state index contributed by atoms with van der Waals surface area (Å²) >= 11 is 0. The molecule has 1 aliphatic heterocycles. The molecule has 1 saturated heterocycles. The van der Waals surface area contributed by atoms with Crippen LogP contribution in [0.15, 0.2) is 52.4 Å². The van der Waals surface area contributed by atoms with Gasteiger partial charge < -0.3 is 19.4 Å². The molecule has 0 radical (unpaired) electrons. The molecule has 8 heteroatoms. The first-order valence-corrected chi connectivity index (χ1v) is 10.7. The summed E-state index contributed by atoms with van der Waals surface area (Å²) in [5.41, 5.74) is 2.45. The second-order valence-corrected chi connectivity index (χ2v) is 9.04. The fourth-order valence-electron chi connectivity index (χ4n) is 3.63. The number of methoxy groups -OCH3 is 2. The predicted molar refractivity (Wildman–Crippen MR) is 108 cm³/mol. The number of H-pyrrole nitrogens is 1. The van der Waals surface area contributed by atoms with Crippen LogP contribution in [0.5, 0.6) is 5.75 Å². The van der Waals surface area contributed by atoms with E-state index in [1.807, 2.05) is 6.92 Å². The average Bonchev–Trinajstić information content (AvgIpc) is 3.34. The molecular formula is C21H22N2O5S. The van der Waals surface area contributed by atoms with E-state index in [2.05, 4.69) is 4.98 Å². The van der Waals surface area contributed by atoms with Crippen LogP contribution in [-0.4, -0.2) is 51.2 Å². The van der Waals surface area contributed by atoms with Crippen LogP contribution in [0, 0.1) is 6.92 Å². The van der Waals surface area contributed by atoms with Crippen molar-refractivity contribution in [1.82, 2.24) is 9.88 Å². The number of hydrogen-bond acceptors (Lipinski definition) is 5. The highest BCUT2D eigenvalue weighted by atomic mass is 32.2. The van der Waals surface area contributed by atoms with E-state index >= 15 is 0 Å². The molecule has 4 rings (SSSR count). The van der Waals surface area contributed by atoms with Gasteiger partial charge in [0, 0.05) is 29.2 Å². The lowest BCUT2D eigenvalue weighted by Crippen LogP contribution is -2.14. The Labute approximate surface area is 169 Å². The zero-order valence-electron chi connectivity index (χ0n) is 16.4. The van der Waals surface area contributed by atoms with Gasteiger partial charge in [-0.15, -0.1) is 0 Å².